The van der Waals surface area contributed by atoms with E-state index in [9.17, 15) is 14.4 Å². The highest BCUT2D eigenvalue weighted by Crippen LogP contribution is 2.36. The molecule has 2 aliphatic rings. The van der Waals surface area contributed by atoms with Crippen molar-refractivity contribution in [3.63, 3.8) is 0 Å². The SMILES string of the molecule is COC(=O)c1c(Cl)cccc1N1CCC(CNC(=O)C2(NC(=O)c3cncnc3)CC2)CC1. The molecule has 2 N–H and O–H groups in total. The van der Waals surface area contributed by atoms with Crippen molar-refractivity contribution >= 4 is 35.1 Å². The van der Waals surface area contributed by atoms with Crippen molar-refractivity contribution in [3.05, 3.63) is 53.1 Å². The van der Waals surface area contributed by atoms with Gasteiger partial charge in [0.05, 0.1) is 23.4 Å². The summed E-state index contributed by atoms with van der Waals surface area (Å²) >= 11 is 6.25. The van der Waals surface area contributed by atoms with Crippen LogP contribution in [0.4, 0.5) is 5.69 Å². The normalized spacial score (nSPS) is 17.2. The molecule has 1 aromatic carbocycles. The Bertz CT molecular complexity index is 1040. The van der Waals surface area contributed by atoms with Gasteiger partial charge in [0.25, 0.3) is 5.91 Å². The minimum Gasteiger partial charge on any atom is -0.465 e. The highest BCUT2D eigenvalue weighted by molar-refractivity contribution is 6.34. The number of methoxy groups -OCH3 is 1. The van der Waals surface area contributed by atoms with E-state index in [2.05, 4.69) is 25.5 Å². The molecule has 1 aliphatic heterocycles. The number of carbonyl (C=O) groups is 3. The van der Waals surface area contributed by atoms with Gasteiger partial charge < -0.3 is 20.3 Å². The highest BCUT2D eigenvalue weighted by atomic mass is 35.5. The van der Waals surface area contributed by atoms with Crippen LogP contribution in [0.5, 0.6) is 0 Å². The summed E-state index contributed by atoms with van der Waals surface area (Å²) in [5.74, 6) is -0.652. The Balaban J connectivity index is 1.29. The zero-order valence-corrected chi connectivity index (χ0v) is 19.1. The topological polar surface area (TPSA) is 114 Å². The van der Waals surface area contributed by atoms with Crippen LogP contribution in [0, 0.1) is 5.92 Å². The van der Waals surface area contributed by atoms with Crippen molar-refractivity contribution in [2.45, 2.75) is 31.2 Å². The minimum absolute atomic E-state index is 0.155. The maximum absolute atomic E-state index is 12.8. The Morgan fingerprint density at radius 2 is 1.88 bits per heavy atom. The first kappa shape index (κ1) is 23.0. The zero-order chi connectivity index (χ0) is 23.4. The number of anilines is 1. The van der Waals surface area contributed by atoms with E-state index in [1.807, 2.05) is 12.1 Å². The predicted octanol–water partition coefficient (Wildman–Crippen LogP) is 2.21. The van der Waals surface area contributed by atoms with Crippen LogP contribution < -0.4 is 15.5 Å². The smallest absolute Gasteiger partial charge is 0.341 e. The van der Waals surface area contributed by atoms with Crippen LogP contribution in [0.3, 0.4) is 0 Å². The molecule has 0 atom stereocenters. The average molecular weight is 472 g/mol. The third kappa shape index (κ3) is 5.08. The fourth-order valence-corrected chi connectivity index (χ4v) is 4.35. The van der Waals surface area contributed by atoms with Gasteiger partial charge in [0.1, 0.15) is 17.4 Å². The summed E-state index contributed by atoms with van der Waals surface area (Å²) in [4.78, 5) is 47.2. The summed E-state index contributed by atoms with van der Waals surface area (Å²) in [6.07, 6.45) is 7.14. The lowest BCUT2D eigenvalue weighted by molar-refractivity contribution is -0.124. The van der Waals surface area contributed by atoms with E-state index in [1.165, 1.54) is 25.8 Å². The summed E-state index contributed by atoms with van der Waals surface area (Å²) < 4.78 is 4.89. The summed E-state index contributed by atoms with van der Waals surface area (Å²) in [5.41, 5.74) is 0.630. The Kier molecular flexibility index (Phi) is 6.78. The molecule has 0 spiro atoms. The van der Waals surface area contributed by atoms with Crippen molar-refractivity contribution in [2.75, 3.05) is 31.6 Å². The van der Waals surface area contributed by atoms with E-state index >= 15 is 0 Å². The third-order valence-corrected chi connectivity index (χ3v) is 6.56. The average Bonchev–Trinajstić information content (AvgIpc) is 3.63. The molecule has 1 saturated carbocycles. The molecule has 9 nitrogen and oxygen atoms in total. The minimum atomic E-state index is -0.843. The Morgan fingerprint density at radius 1 is 1.18 bits per heavy atom. The number of hydrogen-bond donors (Lipinski definition) is 2. The number of amides is 2. The molecule has 0 unspecified atom stereocenters. The molecule has 1 saturated heterocycles. The molecule has 2 amide bonds. The van der Waals surface area contributed by atoms with E-state index < -0.39 is 11.5 Å². The van der Waals surface area contributed by atoms with Gasteiger partial charge in [0.2, 0.25) is 5.91 Å². The molecule has 4 rings (SSSR count). The number of aromatic nitrogens is 2. The number of benzene rings is 1. The molecule has 33 heavy (non-hydrogen) atoms. The van der Waals surface area contributed by atoms with E-state index in [0.717, 1.165) is 31.6 Å². The maximum atomic E-state index is 12.8. The van der Waals surface area contributed by atoms with E-state index in [0.29, 0.717) is 41.5 Å². The molecular formula is C23H26ClN5O4. The van der Waals surface area contributed by atoms with E-state index in [4.69, 9.17) is 16.3 Å². The van der Waals surface area contributed by atoms with Crippen LogP contribution in [0.1, 0.15) is 46.4 Å². The largest absolute Gasteiger partial charge is 0.465 e. The second-order valence-corrected chi connectivity index (χ2v) is 8.84. The van der Waals surface area contributed by atoms with Gasteiger partial charge >= 0.3 is 5.97 Å². The molecule has 1 aromatic heterocycles. The van der Waals surface area contributed by atoms with Gasteiger partial charge in [0.15, 0.2) is 0 Å². The fraction of sp³-hybridized carbons (Fsp3) is 0.435. The van der Waals surface area contributed by atoms with Gasteiger partial charge in [-0.05, 0) is 43.7 Å². The standard InChI is InChI=1S/C23H26ClN5O4/c1-33-21(31)19-17(24)3-2-4-18(19)29-9-5-15(6-10-29)11-27-22(32)23(7-8-23)28-20(30)16-12-25-14-26-13-16/h2-4,12-15H,5-11H2,1H3,(H,27,32)(H,28,30). The molecule has 10 heteroatoms. The summed E-state index contributed by atoms with van der Waals surface area (Å²) in [7, 11) is 1.34. The number of nitrogens with zero attached hydrogens (tertiary/aromatic N) is 3. The number of piperidine rings is 1. The summed E-state index contributed by atoms with van der Waals surface area (Å²) in [5, 5.41) is 6.22. The Hall–Kier alpha value is -3.20. The Morgan fingerprint density at radius 3 is 2.52 bits per heavy atom. The van der Waals surface area contributed by atoms with E-state index in [-0.39, 0.29) is 11.8 Å². The number of ether oxygens (including phenoxy) is 1. The maximum Gasteiger partial charge on any atom is 0.341 e. The lowest BCUT2D eigenvalue weighted by Gasteiger charge is -2.35. The van der Waals surface area contributed by atoms with E-state index in [1.54, 1.807) is 6.07 Å². The number of rotatable bonds is 7. The lowest BCUT2D eigenvalue weighted by atomic mass is 9.95. The van der Waals surface area contributed by atoms with Gasteiger partial charge in [-0.15, -0.1) is 0 Å². The van der Waals surface area contributed by atoms with Gasteiger partial charge in [-0.2, -0.15) is 0 Å². The lowest BCUT2D eigenvalue weighted by Crippen LogP contribution is -2.50. The first-order valence-corrected chi connectivity index (χ1v) is 11.3. The predicted molar refractivity (Wildman–Crippen MR) is 122 cm³/mol. The first-order chi connectivity index (χ1) is 15.9. The number of carbonyl (C=O) groups excluding carboxylic acids is 3. The number of esters is 1. The second kappa shape index (κ2) is 9.74. The molecule has 2 fully saturated rings. The zero-order valence-electron chi connectivity index (χ0n) is 18.3. The molecule has 0 radical (unpaired) electrons. The van der Waals surface area contributed by atoms with Gasteiger partial charge in [-0.25, -0.2) is 14.8 Å². The Labute approximate surface area is 196 Å². The van der Waals surface area contributed by atoms with Gasteiger partial charge in [0, 0.05) is 32.0 Å². The van der Waals surface area contributed by atoms with Crippen LogP contribution in [-0.2, 0) is 9.53 Å². The van der Waals surface area contributed by atoms with Gasteiger partial charge in [-0.3, -0.25) is 9.59 Å². The fourth-order valence-electron chi connectivity index (χ4n) is 4.10. The number of nitrogens with one attached hydrogen (secondary N) is 2. The molecule has 1 aliphatic carbocycles. The summed E-state index contributed by atoms with van der Waals surface area (Å²) in [6.45, 7) is 2.01. The summed E-state index contributed by atoms with van der Waals surface area (Å²) in [6, 6.07) is 5.37. The molecular weight excluding hydrogens is 446 g/mol. The second-order valence-electron chi connectivity index (χ2n) is 8.43. The third-order valence-electron chi connectivity index (χ3n) is 6.25. The number of halogens is 1. The molecule has 2 aromatic rings. The molecule has 174 valence electrons. The van der Waals surface area contributed by atoms with Crippen LogP contribution in [-0.4, -0.2) is 60.0 Å². The van der Waals surface area contributed by atoms with Crippen LogP contribution in [0.2, 0.25) is 5.02 Å². The highest BCUT2D eigenvalue weighted by Gasteiger charge is 2.51. The van der Waals surface area contributed by atoms with Crippen molar-refractivity contribution in [1.82, 2.24) is 20.6 Å². The quantitative estimate of drug-likeness (QED) is 0.595. The van der Waals surface area contributed by atoms with Gasteiger partial charge in [-0.1, -0.05) is 17.7 Å². The monoisotopic (exact) mass is 471 g/mol. The number of hydrogen-bond acceptors (Lipinski definition) is 7. The van der Waals surface area contributed by atoms with Crippen molar-refractivity contribution in [1.29, 1.82) is 0 Å². The molecule has 0 bridgehead atoms. The van der Waals surface area contributed by atoms with Crippen LogP contribution in [0.15, 0.2) is 36.9 Å². The van der Waals surface area contributed by atoms with Crippen molar-refractivity contribution in [2.24, 2.45) is 5.92 Å². The van der Waals surface area contributed by atoms with Crippen LogP contribution >= 0.6 is 11.6 Å². The van der Waals surface area contributed by atoms with Crippen molar-refractivity contribution < 1.29 is 19.1 Å². The molecule has 2 heterocycles. The first-order valence-electron chi connectivity index (χ1n) is 10.9. The van der Waals surface area contributed by atoms with Crippen molar-refractivity contribution in [3.8, 4) is 0 Å². The van der Waals surface area contributed by atoms with Crippen LogP contribution in [0.25, 0.3) is 0 Å².